The molecule has 3 aromatic rings. The lowest BCUT2D eigenvalue weighted by Gasteiger charge is -2.33. The molecule has 0 aliphatic carbocycles. The van der Waals surface area contributed by atoms with Crippen LogP contribution in [0.15, 0.2) is 72.8 Å². The van der Waals surface area contributed by atoms with Crippen LogP contribution in [0.1, 0.15) is 11.1 Å². The third kappa shape index (κ3) is 3.47. The smallest absolute Gasteiger partial charge is 0.269 e. The molecular formula is C25H20FN3O3S. The molecule has 0 bridgehead atoms. The summed E-state index contributed by atoms with van der Waals surface area (Å²) in [6.45, 7) is 1.70. The summed E-state index contributed by atoms with van der Waals surface area (Å²) in [4.78, 5) is 41.4. The maximum absolute atomic E-state index is 13.9. The highest BCUT2D eigenvalue weighted by Gasteiger charge is 2.61. The van der Waals surface area contributed by atoms with Gasteiger partial charge in [0.05, 0.1) is 11.4 Å². The third-order valence-corrected chi connectivity index (χ3v) is 7.14. The van der Waals surface area contributed by atoms with Crippen LogP contribution in [0.2, 0.25) is 0 Å². The van der Waals surface area contributed by atoms with Crippen molar-refractivity contribution in [2.24, 2.45) is 0 Å². The van der Waals surface area contributed by atoms with Gasteiger partial charge in [-0.15, -0.1) is 11.8 Å². The second-order valence-electron chi connectivity index (χ2n) is 7.96. The standard InChI is InChI=1S/C25H20FN3O3S/c1-16-5-4-6-19(13-16)29-23(31)15-33-25(29)20-7-2-3-8-21(20)28(24(25)32)14-22(30)27-18-11-9-17(26)10-12-18/h2-13H,14-15H2,1H3,(H,27,30)/t25-/m0/s1. The molecule has 0 aromatic heterocycles. The number of nitrogens with zero attached hydrogens (tertiary/aromatic N) is 2. The average Bonchev–Trinajstić information content (AvgIpc) is 3.26. The van der Waals surface area contributed by atoms with Gasteiger partial charge >= 0.3 is 0 Å². The van der Waals surface area contributed by atoms with Gasteiger partial charge in [0.2, 0.25) is 16.7 Å². The summed E-state index contributed by atoms with van der Waals surface area (Å²) in [5.41, 5.74) is 3.33. The van der Waals surface area contributed by atoms with E-state index in [9.17, 15) is 18.8 Å². The number of thioether (sulfide) groups is 1. The lowest BCUT2D eigenvalue weighted by atomic mass is 10.0. The highest BCUT2D eigenvalue weighted by Crippen LogP contribution is 2.55. The van der Waals surface area contributed by atoms with E-state index in [4.69, 9.17) is 0 Å². The summed E-state index contributed by atoms with van der Waals surface area (Å²) < 4.78 is 13.2. The van der Waals surface area contributed by atoms with E-state index in [1.54, 1.807) is 17.0 Å². The van der Waals surface area contributed by atoms with Gasteiger partial charge in [0, 0.05) is 16.9 Å². The summed E-state index contributed by atoms with van der Waals surface area (Å²) in [5.74, 6) is -1.17. The van der Waals surface area contributed by atoms with Crippen LogP contribution in [0.4, 0.5) is 21.5 Å². The highest BCUT2D eigenvalue weighted by molar-refractivity contribution is 8.02. The van der Waals surface area contributed by atoms with Crippen molar-refractivity contribution in [3.8, 4) is 0 Å². The molecule has 2 heterocycles. The van der Waals surface area contributed by atoms with Crippen molar-refractivity contribution >= 4 is 46.5 Å². The fourth-order valence-electron chi connectivity index (χ4n) is 4.36. The number of hydrogen-bond donors (Lipinski definition) is 1. The van der Waals surface area contributed by atoms with Crippen molar-refractivity contribution < 1.29 is 18.8 Å². The van der Waals surface area contributed by atoms with Crippen LogP contribution >= 0.6 is 11.8 Å². The number of aryl methyl sites for hydroxylation is 1. The fraction of sp³-hybridized carbons (Fsp3) is 0.160. The quantitative estimate of drug-likeness (QED) is 0.637. The SMILES string of the molecule is Cc1cccc(N2C(=O)CS[C@@]23C(=O)N(CC(=O)Nc2ccc(F)cc2)c2ccccc23)c1. The van der Waals surface area contributed by atoms with Crippen LogP contribution in [0.25, 0.3) is 0 Å². The molecule has 5 rings (SSSR count). The molecular weight excluding hydrogens is 441 g/mol. The largest absolute Gasteiger partial charge is 0.325 e. The Balaban J connectivity index is 1.51. The Morgan fingerprint density at radius 2 is 1.82 bits per heavy atom. The van der Waals surface area contributed by atoms with Crippen molar-refractivity contribution in [1.82, 2.24) is 0 Å². The second kappa shape index (κ2) is 8.04. The van der Waals surface area contributed by atoms with E-state index in [0.717, 1.165) is 5.56 Å². The monoisotopic (exact) mass is 461 g/mol. The zero-order chi connectivity index (χ0) is 23.2. The molecule has 33 heavy (non-hydrogen) atoms. The molecule has 1 saturated heterocycles. The Bertz CT molecular complexity index is 1280. The molecule has 8 heteroatoms. The summed E-state index contributed by atoms with van der Waals surface area (Å²) in [6.07, 6.45) is 0. The second-order valence-corrected chi connectivity index (χ2v) is 9.13. The van der Waals surface area contributed by atoms with E-state index in [0.29, 0.717) is 22.6 Å². The lowest BCUT2D eigenvalue weighted by molar-refractivity contribution is -0.124. The van der Waals surface area contributed by atoms with Crippen LogP contribution in [-0.4, -0.2) is 30.0 Å². The maximum atomic E-state index is 13.9. The molecule has 1 atom stereocenters. The topological polar surface area (TPSA) is 69.7 Å². The zero-order valence-corrected chi connectivity index (χ0v) is 18.6. The summed E-state index contributed by atoms with van der Waals surface area (Å²) in [6, 6.07) is 20.1. The summed E-state index contributed by atoms with van der Waals surface area (Å²) in [7, 11) is 0. The number of nitrogens with one attached hydrogen (secondary N) is 1. The molecule has 3 aromatic carbocycles. The lowest BCUT2D eigenvalue weighted by Crippen LogP contribution is -2.50. The molecule has 0 radical (unpaired) electrons. The Morgan fingerprint density at radius 3 is 2.58 bits per heavy atom. The van der Waals surface area contributed by atoms with Crippen molar-refractivity contribution in [3.63, 3.8) is 0 Å². The fourth-order valence-corrected chi connectivity index (χ4v) is 5.72. The third-order valence-electron chi connectivity index (χ3n) is 5.75. The summed E-state index contributed by atoms with van der Waals surface area (Å²) >= 11 is 1.27. The number of rotatable bonds is 4. The first kappa shape index (κ1) is 21.2. The first-order valence-corrected chi connectivity index (χ1v) is 11.4. The molecule has 0 unspecified atom stereocenters. The van der Waals surface area contributed by atoms with E-state index >= 15 is 0 Å². The van der Waals surface area contributed by atoms with Crippen LogP contribution < -0.4 is 15.1 Å². The highest BCUT2D eigenvalue weighted by atomic mass is 32.2. The van der Waals surface area contributed by atoms with Gasteiger partial charge in [-0.05, 0) is 55.0 Å². The van der Waals surface area contributed by atoms with Crippen molar-refractivity contribution in [3.05, 3.63) is 89.7 Å². The van der Waals surface area contributed by atoms with E-state index in [1.165, 1.54) is 40.9 Å². The van der Waals surface area contributed by atoms with Gasteiger partial charge in [-0.25, -0.2) is 4.39 Å². The number of halogens is 1. The van der Waals surface area contributed by atoms with E-state index in [2.05, 4.69) is 5.32 Å². The van der Waals surface area contributed by atoms with Gasteiger partial charge in [-0.2, -0.15) is 0 Å². The Labute approximate surface area is 194 Å². The minimum absolute atomic E-state index is 0.156. The maximum Gasteiger partial charge on any atom is 0.269 e. The van der Waals surface area contributed by atoms with E-state index in [-0.39, 0.29) is 24.1 Å². The molecule has 1 fully saturated rings. The molecule has 2 aliphatic rings. The van der Waals surface area contributed by atoms with Gasteiger partial charge < -0.3 is 5.32 Å². The number of anilines is 3. The average molecular weight is 462 g/mol. The number of carbonyl (C=O) groups is 3. The molecule has 1 N–H and O–H groups in total. The van der Waals surface area contributed by atoms with Crippen molar-refractivity contribution in [2.75, 3.05) is 27.4 Å². The van der Waals surface area contributed by atoms with E-state index < -0.39 is 16.6 Å². The minimum Gasteiger partial charge on any atom is -0.325 e. The number of fused-ring (bicyclic) bond motifs is 2. The zero-order valence-electron chi connectivity index (χ0n) is 17.7. The predicted molar refractivity (Wildman–Crippen MR) is 127 cm³/mol. The van der Waals surface area contributed by atoms with Crippen LogP contribution in [-0.2, 0) is 19.3 Å². The number of hydrogen-bond acceptors (Lipinski definition) is 4. The number of amides is 3. The van der Waals surface area contributed by atoms with Crippen molar-refractivity contribution in [1.29, 1.82) is 0 Å². The first-order chi connectivity index (χ1) is 15.9. The summed E-state index contributed by atoms with van der Waals surface area (Å²) in [5, 5.41) is 2.70. The van der Waals surface area contributed by atoms with E-state index in [1.807, 2.05) is 43.3 Å². The van der Waals surface area contributed by atoms with Gasteiger partial charge in [0.25, 0.3) is 5.91 Å². The van der Waals surface area contributed by atoms with Gasteiger partial charge in [-0.1, -0.05) is 30.3 Å². The minimum atomic E-state index is -1.27. The van der Waals surface area contributed by atoms with Gasteiger partial charge in [0.1, 0.15) is 12.4 Å². The molecule has 2 aliphatic heterocycles. The Morgan fingerprint density at radius 1 is 1.06 bits per heavy atom. The van der Waals surface area contributed by atoms with Crippen LogP contribution in [0, 0.1) is 12.7 Å². The Kier molecular flexibility index (Phi) is 5.17. The number of carbonyl (C=O) groups excluding carboxylic acids is 3. The van der Waals surface area contributed by atoms with Gasteiger partial charge in [0.15, 0.2) is 0 Å². The normalized spacial score (nSPS) is 19.3. The molecule has 3 amide bonds. The van der Waals surface area contributed by atoms with Crippen LogP contribution in [0.5, 0.6) is 0 Å². The predicted octanol–water partition coefficient (Wildman–Crippen LogP) is 4.05. The molecule has 0 saturated carbocycles. The van der Waals surface area contributed by atoms with Gasteiger partial charge in [-0.3, -0.25) is 24.2 Å². The number of benzene rings is 3. The van der Waals surface area contributed by atoms with Crippen LogP contribution in [0.3, 0.4) is 0 Å². The first-order valence-electron chi connectivity index (χ1n) is 10.4. The molecule has 1 spiro atoms. The Hall–Kier alpha value is -3.65. The number of para-hydroxylation sites is 1. The van der Waals surface area contributed by atoms with Crippen molar-refractivity contribution in [2.45, 2.75) is 11.8 Å². The molecule has 6 nitrogen and oxygen atoms in total. The molecule has 166 valence electrons.